The smallest absolute Gasteiger partial charge is 0.156 e. The number of rotatable bonds is 4. The van der Waals surface area contributed by atoms with Crippen LogP contribution < -0.4 is 0 Å². The number of aryl methyl sites for hydroxylation is 1. The second-order valence-corrected chi connectivity index (χ2v) is 14.7. The minimum Gasteiger partial charge on any atom is -0.312 e. The molecule has 0 bridgehead atoms. The molecule has 0 saturated heterocycles. The van der Waals surface area contributed by atoms with Crippen molar-refractivity contribution < 1.29 is 0 Å². The summed E-state index contributed by atoms with van der Waals surface area (Å²) in [5, 5.41) is 11.1. The first-order valence-corrected chi connectivity index (χ1v) is 19.7. The molecule has 1 heterocycles. The van der Waals surface area contributed by atoms with Crippen LogP contribution >= 0.6 is 0 Å². The topological polar surface area (TPSA) is 53.5 Å². The summed E-state index contributed by atoms with van der Waals surface area (Å²) in [5.41, 5.74) is 14.8. The Hall–Kier alpha value is -6.39. The zero-order valence-electron chi connectivity index (χ0n) is 33.2. The molecule has 0 amide bonds. The molecule has 56 heavy (non-hydrogen) atoms. The van der Waals surface area contributed by atoms with E-state index in [0.29, 0.717) is 5.84 Å². The van der Waals surface area contributed by atoms with E-state index in [-0.39, 0.29) is 11.3 Å². The van der Waals surface area contributed by atoms with Gasteiger partial charge >= 0.3 is 0 Å². The first-order chi connectivity index (χ1) is 27.3. The van der Waals surface area contributed by atoms with Gasteiger partial charge in [-0.1, -0.05) is 179 Å². The van der Waals surface area contributed by atoms with E-state index >= 15 is 0 Å². The van der Waals surface area contributed by atoms with Gasteiger partial charge in [0, 0.05) is 33.0 Å². The highest BCUT2D eigenvalue weighted by molar-refractivity contribution is 6.16. The lowest BCUT2D eigenvalue weighted by Crippen LogP contribution is -2.14. The van der Waals surface area contributed by atoms with Crippen molar-refractivity contribution in [2.45, 2.75) is 59.3 Å². The van der Waals surface area contributed by atoms with Crippen molar-refractivity contribution in [3.8, 4) is 22.3 Å². The lowest BCUT2D eigenvalue weighted by atomic mass is 9.82. The number of para-hydroxylation sites is 1. The highest BCUT2D eigenvalue weighted by atomic mass is 15.0. The van der Waals surface area contributed by atoms with Gasteiger partial charge in [0.25, 0.3) is 0 Å². The van der Waals surface area contributed by atoms with Gasteiger partial charge in [0.15, 0.2) is 11.7 Å². The summed E-state index contributed by atoms with van der Waals surface area (Å²) in [5.74, 6) is 0.719. The molecule has 0 saturated carbocycles. The minimum absolute atomic E-state index is 0.0590. The van der Waals surface area contributed by atoms with Crippen LogP contribution in [-0.2, 0) is 5.41 Å². The maximum absolute atomic E-state index is 8.51. The molecule has 1 N–H and O–H groups in total. The van der Waals surface area contributed by atoms with Gasteiger partial charge in [-0.2, -0.15) is 0 Å². The number of benzene rings is 6. The summed E-state index contributed by atoms with van der Waals surface area (Å²) >= 11 is 0. The zero-order chi connectivity index (χ0) is 39.2. The van der Waals surface area contributed by atoms with E-state index in [4.69, 9.17) is 5.41 Å². The van der Waals surface area contributed by atoms with Crippen molar-refractivity contribution in [1.29, 1.82) is 5.41 Å². The third-order valence-corrected chi connectivity index (χ3v) is 10.9. The lowest BCUT2D eigenvalue weighted by molar-refractivity contribution is 0.661. The second kappa shape index (κ2) is 16.5. The Labute approximate surface area is 331 Å². The maximum Gasteiger partial charge on any atom is 0.156 e. The Morgan fingerprint density at radius 1 is 0.679 bits per heavy atom. The number of hydrogen-bond donors (Lipinski definition) is 1. The number of aliphatic imine (C=N–C) groups is 2. The fourth-order valence-corrected chi connectivity index (χ4v) is 8.17. The number of nitrogens with one attached hydrogen (secondary N) is 1. The monoisotopic (exact) mass is 730 g/mol. The Bertz CT molecular complexity index is 2640. The highest BCUT2D eigenvalue weighted by Crippen LogP contribution is 2.53. The highest BCUT2D eigenvalue weighted by Gasteiger charge is 2.37. The van der Waals surface area contributed by atoms with Gasteiger partial charge in [0.1, 0.15) is 0 Å². The number of nitrogens with zero attached hydrogens (tertiary/aromatic N) is 3. The molecule has 0 spiro atoms. The number of amidine groups is 2. The average molecular weight is 731 g/mol. The zero-order valence-corrected chi connectivity index (χ0v) is 33.2. The molecule has 4 nitrogen and oxygen atoms in total. The van der Waals surface area contributed by atoms with Crippen molar-refractivity contribution in [3.63, 3.8) is 0 Å². The average Bonchev–Trinajstić information content (AvgIpc) is 3.56. The molecule has 6 aromatic carbocycles. The van der Waals surface area contributed by atoms with Gasteiger partial charge in [0.2, 0.25) is 0 Å². The molecule has 278 valence electrons. The van der Waals surface area contributed by atoms with Crippen LogP contribution in [-0.4, -0.2) is 23.0 Å². The molecule has 7 aromatic rings. The van der Waals surface area contributed by atoms with Gasteiger partial charge in [-0.25, -0.2) is 9.98 Å². The van der Waals surface area contributed by atoms with Gasteiger partial charge in [-0.3, -0.25) is 5.41 Å². The normalized spacial score (nSPS) is 14.2. The van der Waals surface area contributed by atoms with Crippen molar-refractivity contribution in [1.82, 2.24) is 4.57 Å². The third-order valence-electron chi connectivity index (χ3n) is 10.9. The summed E-state index contributed by atoms with van der Waals surface area (Å²) in [6, 6.07) is 50.9. The lowest BCUT2D eigenvalue weighted by Gasteiger charge is -2.21. The van der Waals surface area contributed by atoms with Crippen molar-refractivity contribution in [2.75, 3.05) is 0 Å². The van der Waals surface area contributed by atoms with E-state index in [1.807, 2.05) is 50.2 Å². The summed E-state index contributed by atoms with van der Waals surface area (Å²) in [6.07, 6.45) is 7.06. The summed E-state index contributed by atoms with van der Waals surface area (Å²) in [7, 11) is 0. The quantitative estimate of drug-likeness (QED) is 0.138. The SMILES string of the molecule is C=NC(=NC(=N)c1ccccc1)C1=CC=C(n2c3ccccc3c3ccc4c(c32)-c2ccccc2C4(C)C)CCC1.CC.Cc1cccc(-c2ccccc2)c1. The number of hydrogen-bond acceptors (Lipinski definition) is 1. The number of fused-ring (bicyclic) bond motifs is 7. The Kier molecular flexibility index (Phi) is 11.2. The van der Waals surface area contributed by atoms with E-state index < -0.39 is 0 Å². The molecule has 2 aliphatic carbocycles. The molecule has 0 aliphatic heterocycles. The first kappa shape index (κ1) is 37.9. The standard InChI is InChI=1S/C37H32N4.C13H12.C2H6/c1-37(2)30-18-9-7-17-29(30)33-31(37)23-22-28-27-16-8-10-19-32(27)41(34(28)33)26-15-11-14-25(20-21-26)36(39-3)40-35(38)24-12-5-4-6-13-24;1-11-6-5-9-13(10-11)12-7-3-2-4-8-12;1-2/h4-10,12-13,16-23,38H,3,11,14-15H2,1-2H3;2-10H,1H3;1-2H3. The van der Waals surface area contributed by atoms with Crippen LogP contribution in [0.15, 0.2) is 173 Å². The molecule has 1 aromatic heterocycles. The van der Waals surface area contributed by atoms with Crippen LogP contribution in [0.2, 0.25) is 0 Å². The first-order valence-electron chi connectivity index (χ1n) is 19.7. The predicted molar refractivity (Wildman–Crippen MR) is 241 cm³/mol. The van der Waals surface area contributed by atoms with Crippen LogP contribution in [0.3, 0.4) is 0 Å². The molecule has 9 rings (SSSR count). The molecule has 0 unspecified atom stereocenters. The van der Waals surface area contributed by atoms with Gasteiger partial charge in [0.05, 0.1) is 11.0 Å². The van der Waals surface area contributed by atoms with Gasteiger partial charge < -0.3 is 4.57 Å². The molecule has 2 aliphatic rings. The van der Waals surface area contributed by atoms with Crippen LogP contribution in [0, 0.1) is 12.3 Å². The van der Waals surface area contributed by atoms with Gasteiger partial charge in [-0.05, 0) is 78.4 Å². The molecule has 4 heteroatoms. The number of aromatic nitrogens is 1. The van der Waals surface area contributed by atoms with Crippen molar-refractivity contribution in [2.24, 2.45) is 9.98 Å². The fraction of sp³-hybridized carbons (Fsp3) is 0.173. The summed E-state index contributed by atoms with van der Waals surface area (Å²) in [6.45, 7) is 14.6. The van der Waals surface area contributed by atoms with E-state index in [1.165, 1.54) is 66.4 Å². The second-order valence-electron chi connectivity index (χ2n) is 14.7. The Morgan fingerprint density at radius 3 is 2.11 bits per heavy atom. The number of allylic oxidation sites excluding steroid dienone is 3. The van der Waals surface area contributed by atoms with E-state index in [9.17, 15) is 0 Å². The molecule has 0 atom stereocenters. The Balaban J connectivity index is 0.000000270. The maximum atomic E-state index is 8.51. The molecule has 0 radical (unpaired) electrons. The van der Waals surface area contributed by atoms with Crippen LogP contribution in [0.1, 0.15) is 69.2 Å². The molecule has 0 fully saturated rings. The molecular formula is C52H50N4. The van der Waals surface area contributed by atoms with Crippen LogP contribution in [0.4, 0.5) is 0 Å². The van der Waals surface area contributed by atoms with Crippen molar-refractivity contribution >= 4 is 45.9 Å². The molecular weight excluding hydrogens is 681 g/mol. The van der Waals surface area contributed by atoms with Crippen molar-refractivity contribution in [3.05, 3.63) is 186 Å². The third kappa shape index (κ3) is 7.23. The van der Waals surface area contributed by atoms with Crippen LogP contribution in [0.5, 0.6) is 0 Å². The van der Waals surface area contributed by atoms with Gasteiger partial charge in [-0.15, -0.1) is 0 Å². The van der Waals surface area contributed by atoms with E-state index in [2.05, 4.69) is 163 Å². The fourth-order valence-electron chi connectivity index (χ4n) is 8.17. The summed E-state index contributed by atoms with van der Waals surface area (Å²) in [4.78, 5) is 8.82. The summed E-state index contributed by atoms with van der Waals surface area (Å²) < 4.78 is 2.49. The van der Waals surface area contributed by atoms with E-state index in [0.717, 1.165) is 30.4 Å². The van der Waals surface area contributed by atoms with Crippen LogP contribution in [0.25, 0.3) is 49.8 Å². The Morgan fingerprint density at radius 2 is 1.36 bits per heavy atom. The largest absolute Gasteiger partial charge is 0.312 e. The predicted octanol–water partition coefficient (Wildman–Crippen LogP) is 13.9. The van der Waals surface area contributed by atoms with E-state index in [1.54, 1.807) is 0 Å². The minimum atomic E-state index is -0.0590.